The first-order valence-corrected chi connectivity index (χ1v) is 10.2. The number of anilines is 1. The Morgan fingerprint density at radius 2 is 1.90 bits per heavy atom. The van der Waals surface area contributed by atoms with E-state index in [-0.39, 0.29) is 11.3 Å². The van der Waals surface area contributed by atoms with E-state index in [4.69, 9.17) is 15.2 Å². The maximum Gasteiger partial charge on any atom is 0.337 e. The Morgan fingerprint density at radius 1 is 1.30 bits per heavy atom. The van der Waals surface area contributed by atoms with Gasteiger partial charge in [-0.1, -0.05) is 25.7 Å². The highest BCUT2D eigenvalue weighted by Gasteiger charge is 2.23. The van der Waals surface area contributed by atoms with Crippen LogP contribution >= 0.6 is 0 Å². The summed E-state index contributed by atoms with van der Waals surface area (Å²) in [4.78, 5) is 11.3. The maximum absolute atomic E-state index is 11.3. The summed E-state index contributed by atoms with van der Waals surface area (Å²) in [6.07, 6.45) is 0.697. The van der Waals surface area contributed by atoms with Gasteiger partial charge in [0.05, 0.1) is 25.5 Å². The molecule has 0 aromatic heterocycles. The molecule has 6 heteroatoms. The van der Waals surface area contributed by atoms with Crippen LogP contribution in [0.2, 0.25) is 25.7 Å². The number of nitrogens with two attached hydrogens (primary N) is 1. The lowest BCUT2D eigenvalue weighted by atomic mass is 10.0. The SMILES string of the molecule is COc1cc(C(=O)O)c(N)c(CC[Si](C)(C)C)c1OC. The number of methoxy groups -OCH3 is 2. The van der Waals surface area contributed by atoms with Crippen LogP contribution in [0.25, 0.3) is 0 Å². The minimum atomic E-state index is -1.27. The Kier molecular flexibility index (Phi) is 5.05. The van der Waals surface area contributed by atoms with Crippen molar-refractivity contribution in [1.82, 2.24) is 0 Å². The molecule has 0 bridgehead atoms. The van der Waals surface area contributed by atoms with Gasteiger partial charge >= 0.3 is 5.97 Å². The molecule has 1 aromatic carbocycles. The van der Waals surface area contributed by atoms with Gasteiger partial charge in [0.1, 0.15) is 0 Å². The van der Waals surface area contributed by atoms with Crippen molar-refractivity contribution in [1.29, 1.82) is 0 Å². The molecule has 3 N–H and O–H groups in total. The second-order valence-electron chi connectivity index (χ2n) is 5.92. The summed E-state index contributed by atoms with van der Waals surface area (Å²) in [5.41, 5.74) is 7.08. The van der Waals surface area contributed by atoms with E-state index in [0.717, 1.165) is 11.6 Å². The van der Waals surface area contributed by atoms with Crippen molar-refractivity contribution < 1.29 is 19.4 Å². The van der Waals surface area contributed by atoms with Gasteiger partial charge in [0, 0.05) is 19.7 Å². The highest BCUT2D eigenvalue weighted by Crippen LogP contribution is 2.39. The van der Waals surface area contributed by atoms with Gasteiger partial charge in [-0.05, 0) is 6.42 Å². The summed E-state index contributed by atoms with van der Waals surface area (Å²) < 4.78 is 10.6. The van der Waals surface area contributed by atoms with E-state index < -0.39 is 14.0 Å². The largest absolute Gasteiger partial charge is 0.493 e. The Hall–Kier alpha value is -1.69. The number of carboxylic acids is 1. The summed E-state index contributed by atoms with van der Waals surface area (Å²) in [6, 6.07) is 2.41. The number of ether oxygens (including phenoxy) is 2. The Bertz CT molecular complexity index is 509. The Morgan fingerprint density at radius 3 is 2.30 bits per heavy atom. The molecule has 1 aromatic rings. The molecule has 20 heavy (non-hydrogen) atoms. The van der Waals surface area contributed by atoms with Gasteiger partial charge in [0.15, 0.2) is 11.5 Å². The van der Waals surface area contributed by atoms with Crippen molar-refractivity contribution in [3.05, 3.63) is 17.2 Å². The van der Waals surface area contributed by atoms with Crippen molar-refractivity contribution in [2.45, 2.75) is 32.1 Å². The second kappa shape index (κ2) is 6.17. The molecule has 0 saturated heterocycles. The van der Waals surface area contributed by atoms with Gasteiger partial charge in [-0.2, -0.15) is 0 Å². The van der Waals surface area contributed by atoms with Crippen molar-refractivity contribution >= 4 is 19.7 Å². The van der Waals surface area contributed by atoms with E-state index in [1.807, 2.05) is 0 Å². The van der Waals surface area contributed by atoms with Crippen molar-refractivity contribution in [2.24, 2.45) is 0 Å². The fourth-order valence-electron chi connectivity index (χ4n) is 2.01. The van der Waals surface area contributed by atoms with E-state index >= 15 is 0 Å². The van der Waals surface area contributed by atoms with Crippen molar-refractivity contribution in [3.63, 3.8) is 0 Å². The van der Waals surface area contributed by atoms with E-state index in [1.165, 1.54) is 20.3 Å². The van der Waals surface area contributed by atoms with Crippen LogP contribution in [0.1, 0.15) is 15.9 Å². The molecule has 0 aliphatic carbocycles. The molecular weight excluding hydrogens is 274 g/mol. The number of hydrogen-bond acceptors (Lipinski definition) is 4. The summed E-state index contributed by atoms with van der Waals surface area (Å²) in [6.45, 7) is 6.77. The molecule has 0 fully saturated rings. The van der Waals surface area contributed by atoms with E-state index in [1.54, 1.807) is 0 Å². The zero-order chi connectivity index (χ0) is 15.5. The molecule has 112 valence electrons. The third-order valence-electron chi connectivity index (χ3n) is 3.17. The lowest BCUT2D eigenvalue weighted by Gasteiger charge is -2.20. The number of hydrogen-bond donors (Lipinski definition) is 2. The zero-order valence-corrected chi connectivity index (χ0v) is 13.7. The molecule has 0 aliphatic heterocycles. The number of carboxylic acid groups (broad SMARTS) is 1. The quantitative estimate of drug-likeness (QED) is 0.623. The van der Waals surface area contributed by atoms with Crippen LogP contribution < -0.4 is 15.2 Å². The van der Waals surface area contributed by atoms with Gasteiger partial charge in [-0.25, -0.2) is 4.79 Å². The summed E-state index contributed by atoms with van der Waals surface area (Å²) in [7, 11) is 1.76. The molecular formula is C14H23NO4Si. The highest BCUT2D eigenvalue weighted by molar-refractivity contribution is 6.76. The molecule has 0 aliphatic rings. The zero-order valence-electron chi connectivity index (χ0n) is 12.7. The molecule has 0 amide bonds. The van der Waals surface area contributed by atoms with Gasteiger partial charge in [-0.15, -0.1) is 0 Å². The normalized spacial score (nSPS) is 11.2. The van der Waals surface area contributed by atoms with Crippen LogP contribution in [0.3, 0.4) is 0 Å². The monoisotopic (exact) mass is 297 g/mol. The van der Waals surface area contributed by atoms with Gasteiger partial charge < -0.3 is 20.3 Å². The number of rotatable bonds is 6. The van der Waals surface area contributed by atoms with Crippen LogP contribution in [-0.4, -0.2) is 33.4 Å². The van der Waals surface area contributed by atoms with E-state index in [0.29, 0.717) is 17.9 Å². The van der Waals surface area contributed by atoms with Crippen LogP contribution in [0, 0.1) is 0 Å². The van der Waals surface area contributed by atoms with Crippen molar-refractivity contribution in [2.75, 3.05) is 20.0 Å². The number of benzene rings is 1. The first-order chi connectivity index (χ1) is 9.21. The Labute approximate surface area is 120 Å². The second-order valence-corrected chi connectivity index (χ2v) is 11.5. The Balaban J connectivity index is 3.36. The molecule has 0 spiro atoms. The molecule has 0 unspecified atom stereocenters. The number of aromatic carboxylic acids is 1. The number of carbonyl (C=O) groups is 1. The summed E-state index contributed by atoms with van der Waals surface area (Å²) in [5.74, 6) is -0.115. The first-order valence-electron chi connectivity index (χ1n) is 6.48. The summed E-state index contributed by atoms with van der Waals surface area (Å²) in [5, 5.41) is 9.23. The number of nitrogen functional groups attached to an aromatic ring is 1. The highest BCUT2D eigenvalue weighted by atomic mass is 28.3. The standard InChI is InChI=1S/C14H23NO4Si/c1-18-11-8-10(14(16)17)12(15)9(13(11)19-2)6-7-20(3,4)5/h8H,6-7,15H2,1-5H3,(H,16,17). The van der Waals surface area contributed by atoms with Crippen LogP contribution in [0.4, 0.5) is 5.69 Å². The van der Waals surface area contributed by atoms with Gasteiger partial charge in [-0.3, -0.25) is 0 Å². The predicted molar refractivity (Wildman–Crippen MR) is 82.8 cm³/mol. The molecule has 0 saturated carbocycles. The first kappa shape index (κ1) is 16.4. The molecule has 1 rings (SSSR count). The smallest absolute Gasteiger partial charge is 0.337 e. The topological polar surface area (TPSA) is 81.8 Å². The minimum Gasteiger partial charge on any atom is -0.493 e. The van der Waals surface area contributed by atoms with E-state index in [2.05, 4.69) is 19.6 Å². The third-order valence-corrected chi connectivity index (χ3v) is 4.92. The third kappa shape index (κ3) is 3.66. The lowest BCUT2D eigenvalue weighted by molar-refractivity contribution is 0.0697. The lowest BCUT2D eigenvalue weighted by Crippen LogP contribution is -2.21. The molecule has 5 nitrogen and oxygen atoms in total. The summed E-state index contributed by atoms with van der Waals surface area (Å²) >= 11 is 0. The van der Waals surface area contributed by atoms with Gasteiger partial charge in [0.25, 0.3) is 0 Å². The minimum absolute atomic E-state index is 0.0632. The van der Waals surface area contributed by atoms with Crippen LogP contribution in [0.15, 0.2) is 6.07 Å². The molecule has 0 heterocycles. The molecule has 0 radical (unpaired) electrons. The maximum atomic E-state index is 11.3. The van der Waals surface area contributed by atoms with Crippen LogP contribution in [0.5, 0.6) is 11.5 Å². The predicted octanol–water partition coefficient (Wildman–Crippen LogP) is 2.86. The van der Waals surface area contributed by atoms with Crippen LogP contribution in [-0.2, 0) is 6.42 Å². The fraction of sp³-hybridized carbons (Fsp3) is 0.500. The van der Waals surface area contributed by atoms with E-state index in [9.17, 15) is 9.90 Å². The molecule has 0 atom stereocenters. The fourth-order valence-corrected chi connectivity index (χ4v) is 3.01. The average molecular weight is 297 g/mol. The van der Waals surface area contributed by atoms with Gasteiger partial charge in [0.2, 0.25) is 0 Å². The van der Waals surface area contributed by atoms with Crippen molar-refractivity contribution in [3.8, 4) is 11.5 Å². The average Bonchev–Trinajstić information content (AvgIpc) is 2.34.